The van der Waals surface area contributed by atoms with Gasteiger partial charge in [0.15, 0.2) is 0 Å². The van der Waals surface area contributed by atoms with Gasteiger partial charge in [-0.1, -0.05) is 5.21 Å². The van der Waals surface area contributed by atoms with Crippen LogP contribution in [0, 0.1) is 0 Å². The summed E-state index contributed by atoms with van der Waals surface area (Å²) in [5.41, 5.74) is 0.482. The summed E-state index contributed by atoms with van der Waals surface area (Å²) < 4.78 is 5.96. The van der Waals surface area contributed by atoms with Gasteiger partial charge in [-0.2, -0.15) is 0 Å². The molecule has 1 atom stereocenters. The molecule has 16 heavy (non-hydrogen) atoms. The number of nitrogens with zero attached hydrogens (tertiary/aromatic N) is 3. The van der Waals surface area contributed by atoms with Crippen LogP contribution in [-0.2, 0) is 21.4 Å². The lowest BCUT2D eigenvalue weighted by Crippen LogP contribution is -2.13. The van der Waals surface area contributed by atoms with E-state index in [0.29, 0.717) is 5.69 Å². The van der Waals surface area contributed by atoms with Crippen molar-refractivity contribution in [3.8, 4) is 0 Å². The molecule has 0 aliphatic heterocycles. The third-order valence-corrected chi connectivity index (χ3v) is 2.10. The van der Waals surface area contributed by atoms with Crippen molar-refractivity contribution in [1.82, 2.24) is 15.0 Å². The highest BCUT2D eigenvalue weighted by molar-refractivity contribution is 5.73. The Morgan fingerprint density at radius 1 is 1.56 bits per heavy atom. The van der Waals surface area contributed by atoms with Crippen molar-refractivity contribution in [3.05, 3.63) is 11.9 Å². The van der Waals surface area contributed by atoms with Gasteiger partial charge >= 0.3 is 11.9 Å². The van der Waals surface area contributed by atoms with Gasteiger partial charge in [0.1, 0.15) is 0 Å². The minimum atomic E-state index is -0.987. The van der Waals surface area contributed by atoms with Gasteiger partial charge in [0.2, 0.25) is 0 Å². The van der Waals surface area contributed by atoms with E-state index in [1.165, 1.54) is 11.8 Å². The molecule has 1 unspecified atom stereocenters. The molecule has 0 fully saturated rings. The Hall–Kier alpha value is -1.92. The van der Waals surface area contributed by atoms with Crippen LogP contribution in [0.15, 0.2) is 6.20 Å². The zero-order chi connectivity index (χ0) is 12.1. The summed E-state index contributed by atoms with van der Waals surface area (Å²) in [6.07, 6.45) is 1.41. The monoisotopic (exact) mass is 227 g/mol. The van der Waals surface area contributed by atoms with Crippen LogP contribution in [0.5, 0.6) is 0 Å². The summed E-state index contributed by atoms with van der Waals surface area (Å²) in [4.78, 5) is 21.8. The fourth-order valence-corrected chi connectivity index (χ4v) is 1.33. The third kappa shape index (κ3) is 3.34. The largest absolute Gasteiger partial charge is 0.481 e. The Morgan fingerprint density at radius 3 is 2.69 bits per heavy atom. The van der Waals surface area contributed by atoms with Crippen molar-refractivity contribution in [2.75, 3.05) is 7.11 Å². The lowest BCUT2D eigenvalue weighted by atomic mass is 9.98. The number of esters is 1. The van der Waals surface area contributed by atoms with E-state index in [1.807, 2.05) is 0 Å². The Morgan fingerprint density at radius 2 is 2.25 bits per heavy atom. The zero-order valence-electron chi connectivity index (χ0n) is 9.08. The first-order valence-corrected chi connectivity index (χ1v) is 4.67. The minimum absolute atomic E-state index is 0.0124. The molecule has 1 heterocycles. The number of carbonyl (C=O) groups is 2. The van der Waals surface area contributed by atoms with Crippen LogP contribution in [0.3, 0.4) is 0 Å². The average molecular weight is 227 g/mol. The summed E-state index contributed by atoms with van der Waals surface area (Å²) >= 11 is 0. The van der Waals surface area contributed by atoms with Gasteiger partial charge in [-0.3, -0.25) is 14.3 Å². The molecule has 7 heteroatoms. The molecule has 0 saturated carbocycles. The number of rotatable bonds is 5. The maximum absolute atomic E-state index is 11.1. The normalized spacial score (nSPS) is 12.1. The fourth-order valence-electron chi connectivity index (χ4n) is 1.33. The molecule has 1 N–H and O–H groups in total. The van der Waals surface area contributed by atoms with Gasteiger partial charge in [0, 0.05) is 19.2 Å². The van der Waals surface area contributed by atoms with Gasteiger partial charge in [-0.25, -0.2) is 0 Å². The molecule has 0 bridgehead atoms. The molecule has 1 rings (SSSR count). The van der Waals surface area contributed by atoms with Crippen molar-refractivity contribution in [3.63, 3.8) is 0 Å². The van der Waals surface area contributed by atoms with E-state index in [4.69, 9.17) is 5.11 Å². The minimum Gasteiger partial charge on any atom is -0.481 e. The number of aliphatic carboxylic acids is 1. The summed E-state index contributed by atoms with van der Waals surface area (Å²) in [6.45, 7) is 0. The third-order valence-electron chi connectivity index (χ3n) is 2.10. The highest BCUT2D eigenvalue weighted by Crippen LogP contribution is 2.21. The number of carboxylic acid groups (broad SMARTS) is 1. The molecule has 0 radical (unpaired) electrons. The van der Waals surface area contributed by atoms with Crippen molar-refractivity contribution >= 4 is 11.9 Å². The lowest BCUT2D eigenvalue weighted by molar-refractivity contribution is -0.141. The fraction of sp³-hybridized carbons (Fsp3) is 0.556. The first kappa shape index (κ1) is 12.2. The molecular weight excluding hydrogens is 214 g/mol. The number of ether oxygens (including phenoxy) is 1. The SMILES string of the molecule is COC(=O)CC(CC(=O)O)c1cn(C)nn1. The van der Waals surface area contributed by atoms with Crippen molar-refractivity contribution < 1.29 is 19.4 Å². The topological polar surface area (TPSA) is 94.3 Å². The molecule has 0 amide bonds. The number of methoxy groups -OCH3 is 1. The van der Waals surface area contributed by atoms with Crippen LogP contribution in [0.1, 0.15) is 24.5 Å². The predicted octanol–water partition coefficient (Wildman–Crippen LogP) is -0.0635. The van der Waals surface area contributed by atoms with Crippen molar-refractivity contribution in [1.29, 1.82) is 0 Å². The molecule has 0 spiro atoms. The number of hydrogen-bond acceptors (Lipinski definition) is 5. The summed E-state index contributed by atoms with van der Waals surface area (Å²) in [5.74, 6) is -1.95. The summed E-state index contributed by atoms with van der Waals surface area (Å²) in [6, 6.07) is 0. The number of carbonyl (C=O) groups excluding carboxylic acids is 1. The molecule has 0 saturated heterocycles. The van der Waals surface area contributed by atoms with E-state index >= 15 is 0 Å². The van der Waals surface area contributed by atoms with E-state index < -0.39 is 17.9 Å². The second-order valence-corrected chi connectivity index (χ2v) is 3.39. The van der Waals surface area contributed by atoms with Crippen LogP contribution in [0.2, 0.25) is 0 Å². The van der Waals surface area contributed by atoms with Crippen LogP contribution >= 0.6 is 0 Å². The van der Waals surface area contributed by atoms with Crippen LogP contribution in [0.4, 0.5) is 0 Å². The molecule has 0 aliphatic carbocycles. The van der Waals surface area contributed by atoms with Crippen LogP contribution < -0.4 is 0 Å². The second kappa shape index (κ2) is 5.24. The Labute approximate surface area is 92.0 Å². The maximum atomic E-state index is 11.1. The Kier molecular flexibility index (Phi) is 3.98. The maximum Gasteiger partial charge on any atom is 0.306 e. The quantitative estimate of drug-likeness (QED) is 0.708. The van der Waals surface area contributed by atoms with Crippen LogP contribution in [-0.4, -0.2) is 39.1 Å². The molecular formula is C9H13N3O4. The standard InChI is InChI=1S/C9H13N3O4/c1-12-5-7(10-11-12)6(3-8(13)14)4-9(15)16-2/h5-6H,3-4H2,1-2H3,(H,13,14). The van der Waals surface area contributed by atoms with Gasteiger partial charge in [0.25, 0.3) is 0 Å². The van der Waals surface area contributed by atoms with E-state index in [-0.39, 0.29) is 12.8 Å². The Bertz CT molecular complexity index is 388. The average Bonchev–Trinajstić information content (AvgIpc) is 2.63. The number of aromatic nitrogens is 3. The van der Waals surface area contributed by atoms with Gasteiger partial charge in [-0.05, 0) is 0 Å². The van der Waals surface area contributed by atoms with Crippen molar-refractivity contribution in [2.24, 2.45) is 7.05 Å². The first-order chi connectivity index (χ1) is 7.52. The number of hydrogen-bond donors (Lipinski definition) is 1. The molecule has 1 aromatic rings. The van der Waals surface area contributed by atoms with Gasteiger partial charge in [0.05, 0.1) is 25.6 Å². The summed E-state index contributed by atoms with van der Waals surface area (Å²) in [5, 5.41) is 16.2. The molecule has 0 aliphatic rings. The van der Waals surface area contributed by atoms with Crippen LogP contribution in [0.25, 0.3) is 0 Å². The van der Waals surface area contributed by atoms with E-state index in [1.54, 1.807) is 13.2 Å². The highest BCUT2D eigenvalue weighted by atomic mass is 16.5. The predicted molar refractivity (Wildman–Crippen MR) is 52.6 cm³/mol. The number of aryl methyl sites for hydroxylation is 1. The zero-order valence-corrected chi connectivity index (χ0v) is 9.08. The smallest absolute Gasteiger partial charge is 0.306 e. The molecule has 7 nitrogen and oxygen atoms in total. The number of carboxylic acids is 1. The Balaban J connectivity index is 2.78. The van der Waals surface area contributed by atoms with Crippen molar-refractivity contribution in [2.45, 2.75) is 18.8 Å². The van der Waals surface area contributed by atoms with E-state index in [2.05, 4.69) is 15.0 Å². The highest BCUT2D eigenvalue weighted by Gasteiger charge is 2.22. The molecule has 88 valence electrons. The van der Waals surface area contributed by atoms with E-state index in [9.17, 15) is 9.59 Å². The lowest BCUT2D eigenvalue weighted by Gasteiger charge is -2.09. The molecule has 0 aromatic carbocycles. The molecule has 1 aromatic heterocycles. The van der Waals surface area contributed by atoms with Gasteiger partial charge in [-0.15, -0.1) is 5.10 Å². The summed E-state index contributed by atoms with van der Waals surface area (Å²) in [7, 11) is 2.93. The van der Waals surface area contributed by atoms with Gasteiger partial charge < -0.3 is 9.84 Å². The van der Waals surface area contributed by atoms with E-state index in [0.717, 1.165) is 0 Å². The second-order valence-electron chi connectivity index (χ2n) is 3.39. The first-order valence-electron chi connectivity index (χ1n) is 4.67.